The molecule has 0 radical (unpaired) electrons. The fourth-order valence-electron chi connectivity index (χ4n) is 4.56. The number of nitrogens with two attached hydrogens (primary N) is 1. The monoisotopic (exact) mass is 697 g/mol. The molecule has 2 N–H and O–H groups in total. The first kappa shape index (κ1) is 32.8. The second-order valence-electron chi connectivity index (χ2n) is 9.74. The molecule has 14 heteroatoms. The lowest BCUT2D eigenvalue weighted by molar-refractivity contribution is 0.0354. The summed E-state index contributed by atoms with van der Waals surface area (Å²) in [6, 6.07) is 17.2. The van der Waals surface area contributed by atoms with Crippen molar-refractivity contribution in [3.8, 4) is 11.3 Å². The van der Waals surface area contributed by atoms with Crippen molar-refractivity contribution in [2.75, 3.05) is 25.2 Å². The Balaban J connectivity index is 1.77. The van der Waals surface area contributed by atoms with Crippen molar-refractivity contribution in [2.24, 2.45) is 0 Å². The first-order valence-electron chi connectivity index (χ1n) is 13.2. The lowest BCUT2D eigenvalue weighted by atomic mass is 10.1. The molecular formula is C29H31BrF2N3O6PS. The molecule has 230 valence electrons. The van der Waals surface area contributed by atoms with Gasteiger partial charge in [-0.15, -0.1) is 0 Å². The molecule has 0 unspecified atom stereocenters. The van der Waals surface area contributed by atoms with Gasteiger partial charge in [0, 0.05) is 28.2 Å². The second kappa shape index (κ2) is 12.9. The fourth-order valence-corrected chi connectivity index (χ4v) is 7.59. The van der Waals surface area contributed by atoms with Crippen molar-refractivity contribution in [1.82, 2.24) is 9.13 Å². The standard InChI is InChI=1S/C29H31BrF2N3O6PS/c1-4-40-42(37,41-5-2)29(31,32)25-14-9-21(16-26(25)30)18-35-27(22-10-12-24(13-11-22)43(3,38)39)19-34(28(35)36)17-20-7-6-8-23(33)15-20/h6-16,19H,4-5,17-18,33H2,1-3H3. The van der Waals surface area contributed by atoms with Crippen molar-refractivity contribution >= 4 is 39.1 Å². The van der Waals surface area contributed by atoms with Crippen molar-refractivity contribution in [3.05, 3.63) is 105 Å². The largest absolute Gasteiger partial charge is 0.404 e. The Hall–Kier alpha value is -3.09. The van der Waals surface area contributed by atoms with Crippen molar-refractivity contribution < 1.29 is 30.8 Å². The molecule has 0 atom stereocenters. The van der Waals surface area contributed by atoms with Crippen LogP contribution >= 0.6 is 23.5 Å². The number of hydrogen-bond acceptors (Lipinski definition) is 7. The van der Waals surface area contributed by atoms with E-state index in [1.807, 2.05) is 6.07 Å². The zero-order valence-corrected chi connectivity index (χ0v) is 27.0. The van der Waals surface area contributed by atoms with E-state index < -0.39 is 28.7 Å². The zero-order valence-electron chi connectivity index (χ0n) is 23.7. The molecule has 1 heterocycles. The van der Waals surface area contributed by atoms with E-state index in [9.17, 15) is 17.8 Å². The van der Waals surface area contributed by atoms with E-state index in [1.54, 1.807) is 36.5 Å². The van der Waals surface area contributed by atoms with Gasteiger partial charge in [0.2, 0.25) is 0 Å². The number of aromatic nitrogens is 2. The molecule has 4 aromatic rings. The summed E-state index contributed by atoms with van der Waals surface area (Å²) >= 11 is 3.18. The summed E-state index contributed by atoms with van der Waals surface area (Å²) < 4.78 is 80.6. The van der Waals surface area contributed by atoms with Crippen LogP contribution in [0.5, 0.6) is 0 Å². The number of nitrogen functional groups attached to an aromatic ring is 1. The number of rotatable bonds is 12. The summed E-state index contributed by atoms with van der Waals surface area (Å²) in [6.45, 7) is 2.64. The summed E-state index contributed by atoms with van der Waals surface area (Å²) in [4.78, 5) is 13.8. The van der Waals surface area contributed by atoms with Gasteiger partial charge < -0.3 is 14.8 Å². The average molecular weight is 699 g/mol. The highest BCUT2D eigenvalue weighted by Crippen LogP contribution is 2.67. The number of halogens is 3. The van der Waals surface area contributed by atoms with Gasteiger partial charge in [-0.1, -0.05) is 52.3 Å². The van der Waals surface area contributed by atoms with Crippen molar-refractivity contribution in [3.63, 3.8) is 0 Å². The lowest BCUT2D eigenvalue weighted by Gasteiger charge is -2.26. The number of imidazole rings is 1. The number of alkyl halides is 2. The van der Waals surface area contributed by atoms with E-state index in [-0.39, 0.29) is 41.4 Å². The third-order valence-electron chi connectivity index (χ3n) is 6.57. The van der Waals surface area contributed by atoms with Crippen LogP contribution in [0, 0.1) is 0 Å². The summed E-state index contributed by atoms with van der Waals surface area (Å²) in [5, 5.41) is 0. The second-order valence-corrected chi connectivity index (χ2v) is 14.7. The third kappa shape index (κ3) is 7.02. The number of anilines is 1. The Bertz CT molecular complexity index is 1830. The minimum Gasteiger partial charge on any atom is -0.399 e. The minimum atomic E-state index is -4.83. The molecule has 0 fully saturated rings. The van der Waals surface area contributed by atoms with E-state index in [4.69, 9.17) is 14.8 Å². The Morgan fingerprint density at radius 1 is 0.953 bits per heavy atom. The molecule has 0 saturated heterocycles. The molecule has 3 aromatic carbocycles. The van der Waals surface area contributed by atoms with Crippen molar-refractivity contribution in [2.45, 2.75) is 37.5 Å². The molecule has 9 nitrogen and oxygen atoms in total. The van der Waals surface area contributed by atoms with Gasteiger partial charge in [-0.25, -0.2) is 13.2 Å². The van der Waals surface area contributed by atoms with E-state index in [1.165, 1.54) is 47.2 Å². The Labute approximate surface area is 256 Å². The van der Waals surface area contributed by atoms with E-state index in [0.29, 0.717) is 22.5 Å². The predicted octanol–water partition coefficient (Wildman–Crippen LogP) is 6.48. The van der Waals surface area contributed by atoms with Crippen LogP contribution in [0.15, 0.2) is 87.1 Å². The van der Waals surface area contributed by atoms with Crippen LogP contribution in [0.25, 0.3) is 11.3 Å². The molecule has 1 aromatic heterocycles. The molecule has 0 aliphatic rings. The summed E-state index contributed by atoms with van der Waals surface area (Å²) in [7, 11) is -8.27. The molecule has 0 spiro atoms. The number of sulfone groups is 1. The van der Waals surface area contributed by atoms with Gasteiger partial charge in [0.1, 0.15) is 0 Å². The highest BCUT2D eigenvalue weighted by atomic mass is 79.9. The SMILES string of the molecule is CCOP(=O)(OCC)C(F)(F)c1ccc(Cn2c(-c3ccc(S(C)(=O)=O)cc3)cn(Cc3cccc(N)c3)c2=O)cc1Br. The van der Waals surface area contributed by atoms with Crippen LogP contribution in [0.2, 0.25) is 0 Å². The fraction of sp³-hybridized carbons (Fsp3) is 0.276. The Morgan fingerprint density at radius 2 is 1.58 bits per heavy atom. The number of nitrogens with zero attached hydrogens (tertiary/aromatic N) is 2. The van der Waals surface area contributed by atoms with Gasteiger partial charge in [0.05, 0.1) is 36.9 Å². The summed E-state index contributed by atoms with van der Waals surface area (Å²) in [6.07, 6.45) is 2.76. The van der Waals surface area contributed by atoms with Crippen LogP contribution in [0.3, 0.4) is 0 Å². The maximum absolute atomic E-state index is 15.4. The number of hydrogen-bond donors (Lipinski definition) is 1. The Kier molecular flexibility index (Phi) is 9.82. The lowest BCUT2D eigenvalue weighted by Crippen LogP contribution is -2.25. The van der Waals surface area contributed by atoms with Gasteiger partial charge in [0.25, 0.3) is 0 Å². The Morgan fingerprint density at radius 3 is 2.14 bits per heavy atom. The molecule has 43 heavy (non-hydrogen) atoms. The zero-order chi connectivity index (χ0) is 31.6. The van der Waals surface area contributed by atoms with Gasteiger partial charge in [0.15, 0.2) is 9.84 Å². The summed E-state index contributed by atoms with van der Waals surface area (Å²) in [5.74, 6) is 0. The first-order valence-corrected chi connectivity index (χ1v) is 17.4. The van der Waals surface area contributed by atoms with Gasteiger partial charge in [-0.05, 0) is 60.9 Å². The smallest absolute Gasteiger partial charge is 0.399 e. The maximum Gasteiger partial charge on any atom is 0.404 e. The van der Waals surface area contributed by atoms with E-state index >= 15 is 8.78 Å². The molecule has 0 saturated carbocycles. The van der Waals surface area contributed by atoms with E-state index in [0.717, 1.165) is 17.9 Å². The van der Waals surface area contributed by atoms with Crippen LogP contribution in [0.4, 0.5) is 14.5 Å². The minimum absolute atomic E-state index is 0.00897. The van der Waals surface area contributed by atoms with E-state index in [2.05, 4.69) is 15.9 Å². The van der Waals surface area contributed by atoms with Crippen molar-refractivity contribution in [1.29, 1.82) is 0 Å². The average Bonchev–Trinajstić information content (AvgIpc) is 3.23. The van der Waals surface area contributed by atoms with Crippen LogP contribution in [-0.4, -0.2) is 37.0 Å². The highest BCUT2D eigenvalue weighted by Gasteiger charge is 2.55. The van der Waals surface area contributed by atoms with Gasteiger partial charge in [-0.3, -0.25) is 13.7 Å². The first-order chi connectivity index (χ1) is 20.2. The highest BCUT2D eigenvalue weighted by molar-refractivity contribution is 9.10. The summed E-state index contributed by atoms with van der Waals surface area (Å²) in [5.41, 5.74) is 3.89. The normalized spacial score (nSPS) is 12.5. The molecule has 0 bridgehead atoms. The van der Waals surface area contributed by atoms with Gasteiger partial charge in [-0.2, -0.15) is 8.78 Å². The molecular weight excluding hydrogens is 667 g/mol. The van der Waals surface area contributed by atoms with Gasteiger partial charge >= 0.3 is 18.9 Å². The molecule has 0 aliphatic carbocycles. The maximum atomic E-state index is 15.4. The van der Waals surface area contributed by atoms with Crippen LogP contribution in [0.1, 0.15) is 30.5 Å². The predicted molar refractivity (Wildman–Crippen MR) is 165 cm³/mol. The molecule has 0 aliphatic heterocycles. The van der Waals surface area contributed by atoms with Crippen LogP contribution < -0.4 is 11.4 Å². The number of benzene rings is 3. The third-order valence-corrected chi connectivity index (χ3v) is 10.5. The molecule has 0 amide bonds. The quantitative estimate of drug-likeness (QED) is 0.133. The molecule has 4 rings (SSSR count). The topological polar surface area (TPSA) is 123 Å². The van der Waals surface area contributed by atoms with Crippen LogP contribution in [-0.2, 0) is 42.2 Å².